The molecule has 8 nitrogen and oxygen atoms in total. The molecule has 31 heavy (non-hydrogen) atoms. The number of carbonyl (C=O) groups is 2. The van der Waals surface area contributed by atoms with Crippen LogP contribution in [0.1, 0.15) is 25.1 Å². The zero-order valence-corrected chi connectivity index (χ0v) is 18.5. The number of H-pyrrole nitrogens is 1. The third kappa shape index (κ3) is 6.90. The molecule has 1 aromatic carbocycles. The Balaban J connectivity index is 1.65. The van der Waals surface area contributed by atoms with Gasteiger partial charge in [-0.3, -0.25) is 19.6 Å². The van der Waals surface area contributed by atoms with Crippen molar-refractivity contribution in [2.75, 3.05) is 45.9 Å². The first-order valence-corrected chi connectivity index (χ1v) is 11.0. The van der Waals surface area contributed by atoms with Crippen LogP contribution in [0.5, 0.6) is 0 Å². The largest absolute Gasteiger partial charge is 0.365 e. The maximum atomic E-state index is 13.0. The molecule has 3 rings (SSSR count). The highest BCUT2D eigenvalue weighted by atomic mass is 16.5. The van der Waals surface area contributed by atoms with E-state index in [4.69, 9.17) is 4.74 Å². The highest BCUT2D eigenvalue weighted by molar-refractivity contribution is 5.79. The molecule has 2 heterocycles. The number of nitrogens with zero attached hydrogens (tertiary/aromatic N) is 4. The highest BCUT2D eigenvalue weighted by Crippen LogP contribution is 2.13. The Labute approximate surface area is 184 Å². The van der Waals surface area contributed by atoms with Gasteiger partial charge in [-0.05, 0) is 31.9 Å². The predicted molar refractivity (Wildman–Crippen MR) is 118 cm³/mol. The average molecular weight is 428 g/mol. The smallest absolute Gasteiger partial charge is 0.248 e. The van der Waals surface area contributed by atoms with Crippen LogP contribution >= 0.6 is 0 Å². The summed E-state index contributed by atoms with van der Waals surface area (Å²) in [6.45, 7) is 7.88. The van der Waals surface area contributed by atoms with E-state index in [1.54, 1.807) is 11.1 Å². The van der Waals surface area contributed by atoms with Crippen LogP contribution in [0.25, 0.3) is 0 Å². The second kappa shape index (κ2) is 11.6. The topological polar surface area (TPSA) is 81.8 Å². The lowest BCUT2D eigenvalue weighted by Gasteiger charge is -2.26. The molecular weight excluding hydrogens is 394 g/mol. The highest BCUT2D eigenvalue weighted by Gasteiger charge is 2.29. The van der Waals surface area contributed by atoms with Gasteiger partial charge in [0.2, 0.25) is 11.8 Å². The molecule has 1 aliphatic rings. The molecule has 1 aromatic heterocycles. The Morgan fingerprint density at radius 3 is 2.65 bits per heavy atom. The van der Waals surface area contributed by atoms with Crippen molar-refractivity contribution in [1.82, 2.24) is 24.9 Å². The first kappa shape index (κ1) is 23.0. The fourth-order valence-electron chi connectivity index (χ4n) is 3.87. The van der Waals surface area contributed by atoms with Gasteiger partial charge < -0.3 is 14.5 Å². The summed E-state index contributed by atoms with van der Waals surface area (Å²) in [5.41, 5.74) is 2.14. The summed E-state index contributed by atoms with van der Waals surface area (Å²) < 4.78 is 6.04. The number of likely N-dealkylation sites (N-methyl/N-ethyl adjacent to an activating group) is 1. The Hall–Kier alpha value is -2.71. The van der Waals surface area contributed by atoms with E-state index in [-0.39, 0.29) is 24.5 Å². The van der Waals surface area contributed by atoms with E-state index < -0.39 is 0 Å². The van der Waals surface area contributed by atoms with Crippen LogP contribution < -0.4 is 0 Å². The molecule has 1 atom stereocenters. The maximum Gasteiger partial charge on any atom is 0.248 e. The molecule has 1 aliphatic heterocycles. The van der Waals surface area contributed by atoms with E-state index in [1.807, 2.05) is 43.0 Å². The van der Waals surface area contributed by atoms with Crippen molar-refractivity contribution in [2.45, 2.75) is 32.9 Å². The van der Waals surface area contributed by atoms with Crippen LogP contribution in [0.4, 0.5) is 0 Å². The maximum absolute atomic E-state index is 13.0. The van der Waals surface area contributed by atoms with Crippen LogP contribution in [0.3, 0.4) is 0 Å². The minimum Gasteiger partial charge on any atom is -0.365 e. The fourth-order valence-corrected chi connectivity index (χ4v) is 3.87. The van der Waals surface area contributed by atoms with Gasteiger partial charge >= 0.3 is 0 Å². The van der Waals surface area contributed by atoms with Gasteiger partial charge in [0.05, 0.1) is 12.6 Å². The van der Waals surface area contributed by atoms with E-state index >= 15 is 0 Å². The fraction of sp³-hybridized carbons (Fsp3) is 0.522. The number of amides is 2. The summed E-state index contributed by atoms with van der Waals surface area (Å²) in [5, 5.41) is 6.95. The monoisotopic (exact) mass is 427 g/mol. The second-order valence-electron chi connectivity index (χ2n) is 7.83. The Morgan fingerprint density at radius 1 is 1.19 bits per heavy atom. The molecule has 168 valence electrons. The number of ether oxygens (including phenoxy) is 1. The first-order valence-electron chi connectivity index (χ1n) is 11.0. The lowest BCUT2D eigenvalue weighted by molar-refractivity contribution is -0.138. The molecule has 2 amide bonds. The van der Waals surface area contributed by atoms with Gasteiger partial charge in [0.15, 0.2) is 0 Å². The van der Waals surface area contributed by atoms with Crippen molar-refractivity contribution in [3.63, 3.8) is 0 Å². The van der Waals surface area contributed by atoms with Gasteiger partial charge in [0.25, 0.3) is 0 Å². The molecular formula is C23H33N5O3. The van der Waals surface area contributed by atoms with Gasteiger partial charge in [0.1, 0.15) is 6.61 Å². The minimum atomic E-state index is -0.232. The van der Waals surface area contributed by atoms with Crippen LogP contribution in [0, 0.1) is 0 Å². The molecule has 0 aliphatic carbocycles. The number of benzene rings is 1. The van der Waals surface area contributed by atoms with Crippen molar-refractivity contribution in [3.05, 3.63) is 53.9 Å². The minimum absolute atomic E-state index is 0.0171. The van der Waals surface area contributed by atoms with Crippen molar-refractivity contribution in [1.29, 1.82) is 0 Å². The number of rotatable bonds is 10. The number of hydrogen-bond acceptors (Lipinski definition) is 5. The number of nitrogens with one attached hydrogen (secondary N) is 1. The molecule has 0 bridgehead atoms. The van der Waals surface area contributed by atoms with E-state index in [0.29, 0.717) is 45.8 Å². The first-order chi connectivity index (χ1) is 15.1. The van der Waals surface area contributed by atoms with E-state index in [9.17, 15) is 9.59 Å². The molecule has 0 spiro atoms. The van der Waals surface area contributed by atoms with Gasteiger partial charge in [-0.25, -0.2) is 0 Å². The molecule has 1 saturated heterocycles. The van der Waals surface area contributed by atoms with E-state index in [0.717, 1.165) is 12.1 Å². The summed E-state index contributed by atoms with van der Waals surface area (Å²) in [5.74, 6) is 0.0631. The predicted octanol–water partition coefficient (Wildman–Crippen LogP) is 1.55. The third-order valence-electron chi connectivity index (χ3n) is 5.62. The van der Waals surface area contributed by atoms with Gasteiger partial charge in [-0.15, -0.1) is 0 Å². The summed E-state index contributed by atoms with van der Waals surface area (Å²) in [4.78, 5) is 31.1. The normalized spacial score (nSPS) is 17.5. The summed E-state index contributed by atoms with van der Waals surface area (Å²) in [7, 11) is 0. The number of aromatic nitrogens is 2. The van der Waals surface area contributed by atoms with Crippen LogP contribution in [0.2, 0.25) is 0 Å². The SMILES string of the molecule is CCN(CC)C(=O)CO[C@@H]1CN(Cc2ccn[nH]2)CC(=O)N(CCc2ccccc2)C1. The summed E-state index contributed by atoms with van der Waals surface area (Å²) >= 11 is 0. The quantitative estimate of drug-likeness (QED) is 0.622. The van der Waals surface area contributed by atoms with E-state index in [1.165, 1.54) is 5.56 Å². The zero-order valence-electron chi connectivity index (χ0n) is 18.5. The molecule has 2 aromatic rings. The van der Waals surface area contributed by atoms with E-state index in [2.05, 4.69) is 27.2 Å². The molecule has 8 heteroatoms. The number of carbonyl (C=O) groups excluding carboxylic acids is 2. The van der Waals surface area contributed by atoms with Crippen LogP contribution in [-0.4, -0.2) is 88.7 Å². The number of hydrogen-bond donors (Lipinski definition) is 1. The Morgan fingerprint density at radius 2 is 1.97 bits per heavy atom. The Bertz CT molecular complexity index is 808. The summed E-state index contributed by atoms with van der Waals surface area (Å²) in [6, 6.07) is 12.1. The lowest BCUT2D eigenvalue weighted by Crippen LogP contribution is -2.41. The Kier molecular flexibility index (Phi) is 8.61. The standard InChI is InChI=1S/C23H33N5O3/c1-3-27(4-2)23(30)18-31-21-15-26(14-20-10-12-24-25-20)17-22(29)28(16-21)13-11-19-8-6-5-7-9-19/h5-10,12,21H,3-4,11,13-18H2,1-2H3,(H,24,25)/t21-/m1/s1. The molecule has 1 fully saturated rings. The molecule has 0 radical (unpaired) electrons. The zero-order chi connectivity index (χ0) is 22.1. The average Bonchev–Trinajstić information content (AvgIpc) is 3.23. The van der Waals surface area contributed by atoms with Gasteiger partial charge in [-0.2, -0.15) is 5.10 Å². The molecule has 1 N–H and O–H groups in total. The van der Waals surface area contributed by atoms with Crippen LogP contribution in [0.15, 0.2) is 42.6 Å². The van der Waals surface area contributed by atoms with Crippen molar-refractivity contribution < 1.29 is 14.3 Å². The molecule has 0 saturated carbocycles. The lowest BCUT2D eigenvalue weighted by atomic mass is 10.1. The van der Waals surface area contributed by atoms with Gasteiger partial charge in [-0.1, -0.05) is 30.3 Å². The van der Waals surface area contributed by atoms with Gasteiger partial charge in [0, 0.05) is 51.2 Å². The van der Waals surface area contributed by atoms with Crippen molar-refractivity contribution in [2.24, 2.45) is 0 Å². The molecule has 0 unspecified atom stereocenters. The summed E-state index contributed by atoms with van der Waals surface area (Å²) in [6.07, 6.45) is 2.26. The second-order valence-corrected chi connectivity index (χ2v) is 7.83. The van der Waals surface area contributed by atoms with Crippen molar-refractivity contribution in [3.8, 4) is 0 Å². The number of aromatic amines is 1. The third-order valence-corrected chi connectivity index (χ3v) is 5.62. The van der Waals surface area contributed by atoms with Crippen LogP contribution in [-0.2, 0) is 27.3 Å². The van der Waals surface area contributed by atoms with Crippen molar-refractivity contribution >= 4 is 11.8 Å².